The second-order valence-corrected chi connectivity index (χ2v) is 8.29. The van der Waals surface area contributed by atoms with Crippen molar-refractivity contribution >= 4 is 17.3 Å². The molecule has 1 heterocycles. The van der Waals surface area contributed by atoms with Crippen LogP contribution in [0.5, 0.6) is 0 Å². The molecule has 0 bridgehead atoms. The first-order chi connectivity index (χ1) is 17.3. The van der Waals surface area contributed by atoms with Crippen LogP contribution in [0.1, 0.15) is 37.5 Å². The van der Waals surface area contributed by atoms with Gasteiger partial charge in [-0.1, -0.05) is 59.8 Å². The van der Waals surface area contributed by atoms with Gasteiger partial charge < -0.3 is 4.90 Å². The Hall–Kier alpha value is -4.53. The molecule has 0 amide bonds. The Morgan fingerprint density at radius 1 is 0.833 bits per heavy atom. The number of nitrogens with zero attached hydrogens (tertiary/aromatic N) is 4. The number of carbonyl (C=O) groups excluding carboxylic acids is 2. The standard InChI is InChI=1S/C27H19F3N4O2/c28-27(29,30)19-10-12-21(13-11-19)34(24-14-25(35)22-8-4-5-9-23(22)26(24)36)17-20-16-33(32-31-20)15-18-6-2-1-3-7-18/h1-14,16H,15,17H2. The fourth-order valence-corrected chi connectivity index (χ4v) is 4.07. The van der Waals surface area contributed by atoms with Crippen molar-refractivity contribution in [1.82, 2.24) is 15.0 Å². The van der Waals surface area contributed by atoms with E-state index in [0.29, 0.717) is 17.9 Å². The first-order valence-electron chi connectivity index (χ1n) is 11.1. The van der Waals surface area contributed by atoms with Crippen molar-refractivity contribution in [2.75, 3.05) is 4.90 Å². The van der Waals surface area contributed by atoms with E-state index in [4.69, 9.17) is 0 Å². The lowest BCUT2D eigenvalue weighted by molar-refractivity contribution is -0.137. The van der Waals surface area contributed by atoms with Crippen LogP contribution in [-0.4, -0.2) is 26.6 Å². The van der Waals surface area contributed by atoms with E-state index in [1.54, 1.807) is 35.1 Å². The second kappa shape index (κ2) is 9.26. The van der Waals surface area contributed by atoms with Gasteiger partial charge in [0.1, 0.15) is 5.69 Å². The highest BCUT2D eigenvalue weighted by molar-refractivity contribution is 6.25. The van der Waals surface area contributed by atoms with Crippen molar-refractivity contribution < 1.29 is 22.8 Å². The Kier molecular flexibility index (Phi) is 5.97. The van der Waals surface area contributed by atoms with E-state index in [9.17, 15) is 22.8 Å². The average molecular weight is 488 g/mol. The zero-order chi connectivity index (χ0) is 25.3. The van der Waals surface area contributed by atoms with E-state index in [0.717, 1.165) is 17.7 Å². The Labute approximate surface area is 204 Å². The third-order valence-corrected chi connectivity index (χ3v) is 5.83. The zero-order valence-electron chi connectivity index (χ0n) is 18.8. The number of hydrogen-bond donors (Lipinski definition) is 0. The number of Topliss-reactive ketones (excluding diaryl/α,β-unsaturated/α-hetero) is 1. The summed E-state index contributed by atoms with van der Waals surface area (Å²) in [6.45, 7) is 0.495. The number of allylic oxidation sites excluding steroid dienone is 2. The van der Waals surface area contributed by atoms with Gasteiger partial charge in [-0.3, -0.25) is 9.59 Å². The van der Waals surface area contributed by atoms with Crippen LogP contribution in [0.4, 0.5) is 18.9 Å². The second-order valence-electron chi connectivity index (χ2n) is 8.29. The molecule has 0 atom stereocenters. The Bertz CT molecular complexity index is 1460. The summed E-state index contributed by atoms with van der Waals surface area (Å²) in [6, 6.07) is 20.5. The maximum atomic E-state index is 13.4. The summed E-state index contributed by atoms with van der Waals surface area (Å²) in [4.78, 5) is 27.6. The maximum Gasteiger partial charge on any atom is 0.416 e. The molecule has 0 unspecified atom stereocenters. The van der Waals surface area contributed by atoms with Gasteiger partial charge in [0.15, 0.2) is 5.78 Å². The number of alkyl halides is 3. The number of rotatable bonds is 6. The Balaban J connectivity index is 1.50. The molecule has 180 valence electrons. The van der Waals surface area contributed by atoms with Crippen LogP contribution < -0.4 is 4.90 Å². The molecule has 3 aromatic carbocycles. The number of halogens is 3. The summed E-state index contributed by atoms with van der Waals surface area (Å²) in [5.74, 6) is -0.758. The Morgan fingerprint density at radius 2 is 1.50 bits per heavy atom. The van der Waals surface area contributed by atoms with Crippen molar-refractivity contribution in [3.63, 3.8) is 0 Å². The largest absolute Gasteiger partial charge is 0.416 e. The summed E-state index contributed by atoms with van der Waals surface area (Å²) in [5.41, 5.74) is 1.57. The summed E-state index contributed by atoms with van der Waals surface area (Å²) in [7, 11) is 0. The summed E-state index contributed by atoms with van der Waals surface area (Å²) in [6.07, 6.45) is -1.58. The normalized spacial score (nSPS) is 13.4. The molecule has 6 nitrogen and oxygen atoms in total. The highest BCUT2D eigenvalue weighted by Gasteiger charge is 2.32. The van der Waals surface area contributed by atoms with Crippen LogP contribution in [0, 0.1) is 0 Å². The Morgan fingerprint density at radius 3 is 2.19 bits per heavy atom. The highest BCUT2D eigenvalue weighted by atomic mass is 19.4. The van der Waals surface area contributed by atoms with Crippen LogP contribution in [0.3, 0.4) is 0 Å². The average Bonchev–Trinajstić information content (AvgIpc) is 3.32. The van der Waals surface area contributed by atoms with Gasteiger partial charge in [-0.2, -0.15) is 13.2 Å². The molecule has 0 aliphatic heterocycles. The number of aromatic nitrogens is 3. The monoisotopic (exact) mass is 488 g/mol. The van der Waals surface area contributed by atoms with Crippen molar-refractivity contribution in [2.24, 2.45) is 0 Å². The molecule has 1 aliphatic rings. The molecule has 9 heteroatoms. The smallest absolute Gasteiger partial charge is 0.332 e. The highest BCUT2D eigenvalue weighted by Crippen LogP contribution is 2.33. The van der Waals surface area contributed by atoms with E-state index < -0.39 is 17.5 Å². The fourth-order valence-electron chi connectivity index (χ4n) is 4.07. The van der Waals surface area contributed by atoms with Gasteiger partial charge in [-0.25, -0.2) is 4.68 Å². The molecule has 0 saturated heterocycles. The van der Waals surface area contributed by atoms with Gasteiger partial charge in [0.25, 0.3) is 0 Å². The predicted octanol–water partition coefficient (Wildman–Crippen LogP) is 5.31. The van der Waals surface area contributed by atoms with E-state index in [2.05, 4.69) is 10.3 Å². The number of anilines is 1. The van der Waals surface area contributed by atoms with Crippen LogP contribution in [-0.2, 0) is 19.3 Å². The lowest BCUT2D eigenvalue weighted by atomic mass is 9.92. The number of hydrogen-bond acceptors (Lipinski definition) is 5. The number of ketones is 2. The summed E-state index contributed by atoms with van der Waals surface area (Å²) in [5, 5.41) is 8.33. The van der Waals surface area contributed by atoms with Gasteiger partial charge in [0.2, 0.25) is 5.78 Å². The molecule has 0 fully saturated rings. The van der Waals surface area contributed by atoms with E-state index in [1.807, 2.05) is 30.3 Å². The first kappa shape index (κ1) is 23.2. The number of benzene rings is 3. The quantitative estimate of drug-likeness (QED) is 0.368. The van der Waals surface area contributed by atoms with Gasteiger partial charge in [-0.15, -0.1) is 5.10 Å². The van der Waals surface area contributed by atoms with Gasteiger partial charge in [0, 0.05) is 22.9 Å². The molecular formula is C27H19F3N4O2. The van der Waals surface area contributed by atoms with Crippen LogP contribution >= 0.6 is 0 Å². The van der Waals surface area contributed by atoms with Crippen molar-refractivity contribution in [1.29, 1.82) is 0 Å². The molecule has 1 aliphatic carbocycles. The molecule has 5 rings (SSSR count). The predicted molar refractivity (Wildman–Crippen MR) is 126 cm³/mol. The summed E-state index contributed by atoms with van der Waals surface area (Å²) < 4.78 is 41.0. The topological polar surface area (TPSA) is 68.1 Å². The third-order valence-electron chi connectivity index (χ3n) is 5.83. The van der Waals surface area contributed by atoms with E-state index >= 15 is 0 Å². The first-order valence-corrected chi connectivity index (χ1v) is 11.1. The van der Waals surface area contributed by atoms with Crippen molar-refractivity contribution in [2.45, 2.75) is 19.3 Å². The van der Waals surface area contributed by atoms with Gasteiger partial charge >= 0.3 is 6.18 Å². The zero-order valence-corrected chi connectivity index (χ0v) is 18.8. The minimum absolute atomic E-state index is 0.0210. The fraction of sp³-hybridized carbons (Fsp3) is 0.111. The van der Waals surface area contributed by atoms with Crippen molar-refractivity contribution in [3.05, 3.63) is 125 Å². The molecular weight excluding hydrogens is 469 g/mol. The summed E-state index contributed by atoms with van der Waals surface area (Å²) >= 11 is 0. The maximum absolute atomic E-state index is 13.4. The van der Waals surface area contributed by atoms with E-state index in [-0.39, 0.29) is 29.2 Å². The van der Waals surface area contributed by atoms with Crippen LogP contribution in [0.25, 0.3) is 0 Å². The molecule has 1 aromatic heterocycles. The molecule has 36 heavy (non-hydrogen) atoms. The van der Waals surface area contributed by atoms with Crippen LogP contribution in [0.15, 0.2) is 96.8 Å². The minimum atomic E-state index is -4.50. The molecule has 4 aromatic rings. The number of carbonyl (C=O) groups is 2. The van der Waals surface area contributed by atoms with E-state index in [1.165, 1.54) is 23.1 Å². The molecule has 0 radical (unpaired) electrons. The molecule has 0 saturated carbocycles. The van der Waals surface area contributed by atoms with Crippen LogP contribution in [0.2, 0.25) is 0 Å². The van der Waals surface area contributed by atoms with Gasteiger partial charge in [0.05, 0.1) is 30.5 Å². The van der Waals surface area contributed by atoms with Crippen molar-refractivity contribution in [3.8, 4) is 0 Å². The lowest BCUT2D eigenvalue weighted by Gasteiger charge is -2.28. The minimum Gasteiger partial charge on any atom is -0.332 e. The SMILES string of the molecule is O=C1C=C(N(Cc2cn(Cc3ccccc3)nn2)c2ccc(C(F)(F)F)cc2)C(=O)c2ccccc21. The number of fused-ring (bicyclic) bond motifs is 1. The molecule has 0 spiro atoms. The molecule has 0 N–H and O–H groups in total. The third kappa shape index (κ3) is 4.68. The lowest BCUT2D eigenvalue weighted by Crippen LogP contribution is -2.31. The van der Waals surface area contributed by atoms with Gasteiger partial charge in [-0.05, 0) is 29.8 Å².